The van der Waals surface area contributed by atoms with Crippen LogP contribution in [0.15, 0.2) is 35.6 Å². The molecule has 0 fully saturated rings. The summed E-state index contributed by atoms with van der Waals surface area (Å²) in [6, 6.07) is 4.19. The van der Waals surface area contributed by atoms with Crippen molar-refractivity contribution in [1.82, 2.24) is 20.1 Å². The lowest BCUT2D eigenvalue weighted by atomic mass is 10.2. The third-order valence-corrected chi connectivity index (χ3v) is 3.48. The maximum Gasteiger partial charge on any atom is 0.435 e. The maximum atomic E-state index is 12.4. The van der Waals surface area contributed by atoms with Gasteiger partial charge in [-0.05, 0) is 24.5 Å². The fraction of sp³-hybridized carbons (Fsp3) is 0.308. The second-order valence-electron chi connectivity index (χ2n) is 4.28. The first kappa shape index (κ1) is 16.3. The second kappa shape index (κ2) is 6.82. The van der Waals surface area contributed by atoms with E-state index in [1.54, 1.807) is 18.3 Å². The van der Waals surface area contributed by atoms with E-state index in [0.29, 0.717) is 10.6 Å². The summed E-state index contributed by atoms with van der Waals surface area (Å²) in [5.74, 6) is -0.319. The molecule has 0 spiro atoms. The van der Waals surface area contributed by atoms with Crippen molar-refractivity contribution in [2.24, 2.45) is 0 Å². The molecule has 2 aromatic rings. The summed E-state index contributed by atoms with van der Waals surface area (Å²) in [6.45, 7) is 0.317. The molecule has 2 aromatic heterocycles. The van der Waals surface area contributed by atoms with Crippen LogP contribution in [-0.4, -0.2) is 33.5 Å². The van der Waals surface area contributed by atoms with Gasteiger partial charge in [-0.3, -0.25) is 9.48 Å². The van der Waals surface area contributed by atoms with Gasteiger partial charge in [0.15, 0.2) is 5.69 Å². The Kier molecular flexibility index (Phi) is 5.07. The van der Waals surface area contributed by atoms with Crippen LogP contribution in [0.1, 0.15) is 16.1 Å². The van der Waals surface area contributed by atoms with Crippen LogP contribution in [0.25, 0.3) is 0 Å². The van der Waals surface area contributed by atoms with Gasteiger partial charge >= 0.3 is 6.18 Å². The monoisotopic (exact) mass is 330 g/mol. The Morgan fingerprint density at radius 1 is 1.41 bits per heavy atom. The first-order valence-corrected chi connectivity index (χ1v) is 7.52. The molecule has 22 heavy (non-hydrogen) atoms. The highest BCUT2D eigenvalue weighted by Gasteiger charge is 2.33. The number of pyridine rings is 1. The molecule has 9 heteroatoms. The molecule has 0 aliphatic carbocycles. The van der Waals surface area contributed by atoms with Crippen molar-refractivity contribution in [1.29, 1.82) is 0 Å². The topological polar surface area (TPSA) is 59.8 Å². The number of hydrogen-bond donors (Lipinski definition) is 1. The fourth-order valence-corrected chi connectivity index (χ4v) is 2.29. The molecule has 2 rings (SSSR count). The van der Waals surface area contributed by atoms with Crippen LogP contribution in [0, 0.1) is 0 Å². The minimum Gasteiger partial charge on any atom is -0.350 e. The first-order valence-electron chi connectivity index (χ1n) is 6.29. The molecule has 0 aliphatic heterocycles. The minimum absolute atomic E-state index is 0.149. The van der Waals surface area contributed by atoms with Crippen LogP contribution in [-0.2, 0) is 12.7 Å². The molecule has 1 N–H and O–H groups in total. The number of nitrogens with zero attached hydrogens (tertiary/aromatic N) is 3. The summed E-state index contributed by atoms with van der Waals surface area (Å²) in [4.78, 5) is 16.1. The zero-order valence-electron chi connectivity index (χ0n) is 11.6. The van der Waals surface area contributed by atoms with E-state index in [2.05, 4.69) is 15.4 Å². The van der Waals surface area contributed by atoms with Crippen LogP contribution < -0.4 is 5.32 Å². The standard InChI is InChI=1S/C13H13F3N4OS/c1-22-12-9(3-2-5-18-12)11(21)17-6-8-20-7-4-10(19-20)13(14,15)16/h2-5,7H,6,8H2,1H3,(H,17,21). The first-order chi connectivity index (χ1) is 10.4. The summed E-state index contributed by atoms with van der Waals surface area (Å²) in [5.41, 5.74) is -0.512. The lowest BCUT2D eigenvalue weighted by Gasteiger charge is -2.08. The smallest absolute Gasteiger partial charge is 0.350 e. The fourth-order valence-electron chi connectivity index (χ4n) is 1.74. The average molecular weight is 330 g/mol. The molecular weight excluding hydrogens is 317 g/mol. The van der Waals surface area contributed by atoms with Crippen LogP contribution in [0.5, 0.6) is 0 Å². The molecule has 118 valence electrons. The van der Waals surface area contributed by atoms with E-state index in [4.69, 9.17) is 0 Å². The second-order valence-corrected chi connectivity index (χ2v) is 5.07. The highest BCUT2D eigenvalue weighted by molar-refractivity contribution is 7.98. The Hall–Kier alpha value is -2.03. The summed E-state index contributed by atoms with van der Waals surface area (Å²) in [5, 5.41) is 6.64. The van der Waals surface area contributed by atoms with E-state index in [1.165, 1.54) is 18.0 Å². The average Bonchev–Trinajstić information content (AvgIpc) is 2.96. The molecular formula is C13H13F3N4OS. The largest absolute Gasteiger partial charge is 0.435 e. The number of rotatable bonds is 5. The van der Waals surface area contributed by atoms with Gasteiger partial charge in [0.1, 0.15) is 5.03 Å². The minimum atomic E-state index is -4.46. The Labute approximate surface area is 128 Å². The number of aromatic nitrogens is 3. The number of nitrogens with one attached hydrogen (secondary N) is 1. The molecule has 1 amide bonds. The molecule has 0 unspecified atom stereocenters. The zero-order chi connectivity index (χ0) is 16.2. The van der Waals surface area contributed by atoms with Crippen LogP contribution in [0.4, 0.5) is 13.2 Å². The lowest BCUT2D eigenvalue weighted by Crippen LogP contribution is -2.28. The van der Waals surface area contributed by atoms with Gasteiger partial charge in [0.05, 0.1) is 12.1 Å². The predicted octanol–water partition coefficient (Wildman–Crippen LogP) is 2.45. The molecule has 0 atom stereocenters. The number of halogens is 3. The summed E-state index contributed by atoms with van der Waals surface area (Å²) < 4.78 is 38.3. The van der Waals surface area contributed by atoms with Gasteiger partial charge in [0.25, 0.3) is 5.91 Å². The van der Waals surface area contributed by atoms with Gasteiger partial charge < -0.3 is 5.32 Å². The highest BCUT2D eigenvalue weighted by Crippen LogP contribution is 2.27. The van der Waals surface area contributed by atoms with E-state index >= 15 is 0 Å². The lowest BCUT2D eigenvalue weighted by molar-refractivity contribution is -0.141. The van der Waals surface area contributed by atoms with Gasteiger partial charge in [0, 0.05) is 18.9 Å². The molecule has 0 bridgehead atoms. The molecule has 5 nitrogen and oxygen atoms in total. The van der Waals surface area contributed by atoms with E-state index in [9.17, 15) is 18.0 Å². The van der Waals surface area contributed by atoms with E-state index in [-0.39, 0.29) is 19.0 Å². The number of alkyl halides is 3. The maximum absolute atomic E-state index is 12.4. The number of carbonyl (C=O) groups is 1. The van der Waals surface area contributed by atoms with Crippen molar-refractivity contribution in [3.8, 4) is 0 Å². The van der Waals surface area contributed by atoms with Crippen molar-refractivity contribution in [3.05, 3.63) is 41.9 Å². The molecule has 2 heterocycles. The van der Waals surface area contributed by atoms with Crippen molar-refractivity contribution >= 4 is 17.7 Å². The molecule has 0 saturated carbocycles. The van der Waals surface area contributed by atoms with Crippen LogP contribution >= 0.6 is 11.8 Å². The highest BCUT2D eigenvalue weighted by atomic mass is 32.2. The van der Waals surface area contributed by atoms with Crippen molar-refractivity contribution in [2.75, 3.05) is 12.8 Å². The van der Waals surface area contributed by atoms with Crippen molar-refractivity contribution < 1.29 is 18.0 Å². The van der Waals surface area contributed by atoms with Gasteiger partial charge in [0.2, 0.25) is 0 Å². The number of amides is 1. The normalized spacial score (nSPS) is 11.5. The van der Waals surface area contributed by atoms with E-state index in [0.717, 1.165) is 10.7 Å². The van der Waals surface area contributed by atoms with Gasteiger partial charge in [-0.15, -0.1) is 11.8 Å². The Bertz CT molecular complexity index is 657. The quantitative estimate of drug-likeness (QED) is 0.856. The zero-order valence-corrected chi connectivity index (χ0v) is 12.4. The molecule has 0 aromatic carbocycles. The van der Waals surface area contributed by atoms with Crippen molar-refractivity contribution in [3.63, 3.8) is 0 Å². The third kappa shape index (κ3) is 4.00. The molecule has 0 saturated heterocycles. The summed E-state index contributed by atoms with van der Waals surface area (Å²) in [7, 11) is 0. The summed E-state index contributed by atoms with van der Waals surface area (Å²) >= 11 is 1.35. The van der Waals surface area contributed by atoms with Crippen LogP contribution in [0.2, 0.25) is 0 Å². The van der Waals surface area contributed by atoms with Gasteiger partial charge in [-0.1, -0.05) is 0 Å². The van der Waals surface area contributed by atoms with E-state index < -0.39 is 11.9 Å². The number of hydrogen-bond acceptors (Lipinski definition) is 4. The molecule has 0 radical (unpaired) electrons. The predicted molar refractivity (Wildman–Crippen MR) is 75.6 cm³/mol. The Morgan fingerprint density at radius 2 is 2.18 bits per heavy atom. The SMILES string of the molecule is CSc1ncccc1C(=O)NCCn1ccc(C(F)(F)F)n1. The van der Waals surface area contributed by atoms with E-state index in [1.807, 2.05) is 6.26 Å². The van der Waals surface area contributed by atoms with Crippen LogP contribution in [0.3, 0.4) is 0 Å². The third-order valence-electron chi connectivity index (χ3n) is 2.77. The number of thioether (sulfide) groups is 1. The number of carbonyl (C=O) groups excluding carboxylic acids is 1. The van der Waals surface area contributed by atoms with Crippen molar-refractivity contribution in [2.45, 2.75) is 17.7 Å². The Morgan fingerprint density at radius 3 is 2.82 bits per heavy atom. The van der Waals surface area contributed by atoms with Gasteiger partial charge in [-0.2, -0.15) is 18.3 Å². The summed E-state index contributed by atoms with van der Waals surface area (Å²) in [6.07, 6.45) is 0.163. The van der Waals surface area contributed by atoms with Gasteiger partial charge in [-0.25, -0.2) is 4.98 Å². The molecule has 0 aliphatic rings. The Balaban J connectivity index is 1.91.